The van der Waals surface area contributed by atoms with Gasteiger partial charge in [0, 0.05) is 64.0 Å². The van der Waals surface area contributed by atoms with Gasteiger partial charge in [-0.3, -0.25) is 4.57 Å². The van der Waals surface area contributed by atoms with Gasteiger partial charge in [-0.25, -0.2) is 4.99 Å². The van der Waals surface area contributed by atoms with E-state index in [0.29, 0.717) is 5.96 Å². The zero-order chi connectivity index (χ0) is 37.2. The summed E-state index contributed by atoms with van der Waals surface area (Å²) in [6.07, 6.45) is -0.389. The Labute approximate surface area is 331 Å². The fourth-order valence-electron chi connectivity index (χ4n) is 9.58. The number of para-hydroxylation sites is 3. The molecule has 0 bridgehead atoms. The Morgan fingerprint density at radius 1 is 0.456 bits per heavy atom. The van der Waals surface area contributed by atoms with Crippen molar-refractivity contribution in [1.82, 2.24) is 14.5 Å². The second kappa shape index (κ2) is 11.6. The van der Waals surface area contributed by atoms with Gasteiger partial charge in [-0.15, -0.1) is 11.3 Å². The molecular weight excluding hydrogens is 715 g/mol. The molecule has 0 fully saturated rings. The number of hydrogen-bond acceptors (Lipinski definition) is 4. The molecule has 0 radical (unpaired) electrons. The lowest BCUT2D eigenvalue weighted by Gasteiger charge is -2.25. The summed E-state index contributed by atoms with van der Waals surface area (Å²) >= 11 is 1.83. The zero-order valence-electron chi connectivity index (χ0n) is 30.5. The second-order valence-corrected chi connectivity index (χ2v) is 16.0. The lowest BCUT2D eigenvalue weighted by Crippen LogP contribution is -2.35. The molecule has 5 heterocycles. The van der Waals surface area contributed by atoms with Crippen molar-refractivity contribution in [2.45, 2.75) is 6.17 Å². The van der Waals surface area contributed by atoms with Gasteiger partial charge in [0.05, 0.1) is 27.8 Å². The van der Waals surface area contributed by atoms with Crippen LogP contribution in [-0.2, 0) is 0 Å². The normalized spacial score (nSPS) is 14.8. The summed E-state index contributed by atoms with van der Waals surface area (Å²) in [5, 5.41) is 11.0. The van der Waals surface area contributed by atoms with Crippen LogP contribution in [0.25, 0.3) is 91.7 Å². The number of fused-ring (bicyclic) bond motifs is 15. The highest BCUT2D eigenvalue weighted by Crippen LogP contribution is 2.49. The smallest absolute Gasteiger partial charge is 0.234 e. The van der Waals surface area contributed by atoms with Gasteiger partial charge in [0.25, 0.3) is 0 Å². The predicted molar refractivity (Wildman–Crippen MR) is 239 cm³/mol. The lowest BCUT2D eigenvalue weighted by atomic mass is 9.94. The van der Waals surface area contributed by atoms with Crippen LogP contribution >= 0.6 is 11.3 Å². The minimum absolute atomic E-state index is 0.389. The number of nitrogens with one attached hydrogen (secondary N) is 1. The summed E-state index contributed by atoms with van der Waals surface area (Å²) in [6, 6.07) is 63.5. The summed E-state index contributed by atoms with van der Waals surface area (Å²) in [4.78, 5) is 11.1. The molecule has 0 spiro atoms. The molecular formula is C51H31N5S. The van der Waals surface area contributed by atoms with Gasteiger partial charge in [0.2, 0.25) is 5.96 Å². The topological polar surface area (TPSA) is 46.6 Å². The Morgan fingerprint density at radius 3 is 1.95 bits per heavy atom. The standard InChI is InChI=1S/C51H31N5S/c1-2-14-30(15-3-1)49-52-50(40-23-13-27-44-45(40)39-20-8-11-26-43(39)57-44)54-51(53-49)56-42-25-10-7-19-34(42)37-28-29-38-36-22-12-21-35-32-17-5-4-16-31(32)33-18-6-9-24-41(33)55(46(35)36)47(38)48(37)56/h1-29,50H,(H,52,53,54). The largest absolute Gasteiger partial charge is 0.344 e. The Kier molecular flexibility index (Phi) is 6.31. The Balaban J connectivity index is 1.18. The van der Waals surface area contributed by atoms with Crippen LogP contribution in [0.5, 0.6) is 0 Å². The van der Waals surface area contributed by atoms with Crippen molar-refractivity contribution in [2.24, 2.45) is 9.98 Å². The van der Waals surface area contributed by atoms with E-state index in [-0.39, 0.29) is 6.17 Å². The monoisotopic (exact) mass is 745 g/mol. The minimum atomic E-state index is -0.389. The summed E-state index contributed by atoms with van der Waals surface area (Å²) in [7, 11) is 0. The molecule has 0 amide bonds. The van der Waals surface area contributed by atoms with E-state index in [2.05, 4.69) is 190 Å². The second-order valence-electron chi connectivity index (χ2n) is 14.9. The molecule has 0 aliphatic carbocycles. The molecule has 3 aromatic heterocycles. The number of aromatic nitrogens is 2. The predicted octanol–water partition coefficient (Wildman–Crippen LogP) is 12.9. The first-order valence-electron chi connectivity index (χ1n) is 19.4. The van der Waals surface area contributed by atoms with Crippen molar-refractivity contribution < 1.29 is 0 Å². The highest BCUT2D eigenvalue weighted by atomic mass is 32.1. The van der Waals surface area contributed by atoms with Crippen LogP contribution in [0, 0.1) is 0 Å². The first-order valence-corrected chi connectivity index (χ1v) is 20.2. The van der Waals surface area contributed by atoms with Crippen LogP contribution in [0.2, 0.25) is 0 Å². The number of amidine groups is 1. The molecule has 2 aliphatic heterocycles. The average molecular weight is 746 g/mol. The van der Waals surface area contributed by atoms with Crippen LogP contribution in [0.15, 0.2) is 186 Å². The maximum absolute atomic E-state index is 5.63. The van der Waals surface area contributed by atoms with E-state index in [1.165, 1.54) is 58.7 Å². The quantitative estimate of drug-likeness (QED) is 0.188. The maximum atomic E-state index is 5.63. The van der Waals surface area contributed by atoms with Crippen molar-refractivity contribution in [3.8, 4) is 27.9 Å². The Hall–Kier alpha value is -7.28. The molecule has 57 heavy (non-hydrogen) atoms. The van der Waals surface area contributed by atoms with Gasteiger partial charge in [-0.2, -0.15) is 4.99 Å². The van der Waals surface area contributed by atoms with Crippen LogP contribution in [-0.4, -0.2) is 20.9 Å². The van der Waals surface area contributed by atoms with E-state index >= 15 is 0 Å². The summed E-state index contributed by atoms with van der Waals surface area (Å²) in [5.41, 5.74) is 12.7. The van der Waals surface area contributed by atoms with E-state index in [1.807, 2.05) is 11.3 Å². The summed E-state index contributed by atoms with van der Waals surface area (Å²) in [6.45, 7) is 0. The molecule has 1 N–H and O–H groups in total. The molecule has 5 nitrogen and oxygen atoms in total. The van der Waals surface area contributed by atoms with Crippen molar-refractivity contribution in [2.75, 3.05) is 0 Å². The number of benzene rings is 8. The number of rotatable bonds is 2. The van der Waals surface area contributed by atoms with E-state index in [9.17, 15) is 0 Å². The van der Waals surface area contributed by atoms with Gasteiger partial charge in [0.1, 0.15) is 12.0 Å². The molecule has 266 valence electrons. The van der Waals surface area contributed by atoms with Gasteiger partial charge in [-0.05, 0) is 35.4 Å². The molecule has 6 heteroatoms. The Bertz CT molecular complexity index is 3560. The molecule has 0 saturated carbocycles. The molecule has 11 aromatic rings. The third-order valence-electron chi connectivity index (χ3n) is 11.9. The van der Waals surface area contributed by atoms with E-state index in [0.717, 1.165) is 50.0 Å². The molecule has 0 saturated heterocycles. The average Bonchev–Trinajstić information content (AvgIpc) is 3.92. The summed E-state index contributed by atoms with van der Waals surface area (Å²) < 4.78 is 7.37. The van der Waals surface area contributed by atoms with Crippen molar-refractivity contribution >= 4 is 86.9 Å². The minimum Gasteiger partial charge on any atom is -0.344 e. The third-order valence-corrected chi connectivity index (χ3v) is 13.1. The number of thiophene rings is 1. The molecule has 1 unspecified atom stereocenters. The Morgan fingerprint density at radius 2 is 1.07 bits per heavy atom. The van der Waals surface area contributed by atoms with E-state index in [1.54, 1.807) is 0 Å². The van der Waals surface area contributed by atoms with E-state index < -0.39 is 0 Å². The maximum Gasteiger partial charge on any atom is 0.234 e. The SMILES string of the molecule is c1ccc(C2=NC(n3c4ccccc4c4ccc5c6cccc7c6n(c5c43)-c3ccccc3-c3ccccc3-7)=NC(c3cccc4sc5ccccc5c34)N2)cc1. The fraction of sp³-hybridized carbons (Fsp3) is 0.0196. The summed E-state index contributed by atoms with van der Waals surface area (Å²) in [5.74, 6) is 1.44. The van der Waals surface area contributed by atoms with Crippen LogP contribution in [0.3, 0.4) is 0 Å². The first kappa shape index (κ1) is 31.0. The number of hydrogen-bond donors (Lipinski definition) is 1. The highest BCUT2D eigenvalue weighted by Gasteiger charge is 2.30. The van der Waals surface area contributed by atoms with Crippen molar-refractivity contribution in [1.29, 1.82) is 0 Å². The molecule has 8 aromatic carbocycles. The first-order chi connectivity index (χ1) is 28.3. The molecule has 13 rings (SSSR count). The van der Waals surface area contributed by atoms with Gasteiger partial charge in [-0.1, -0.05) is 152 Å². The molecule has 1 atom stereocenters. The third kappa shape index (κ3) is 4.28. The highest BCUT2D eigenvalue weighted by molar-refractivity contribution is 7.25. The van der Waals surface area contributed by atoms with Crippen molar-refractivity contribution in [3.05, 3.63) is 187 Å². The van der Waals surface area contributed by atoms with Gasteiger partial charge < -0.3 is 9.88 Å². The number of nitrogens with zero attached hydrogens (tertiary/aromatic N) is 4. The zero-order valence-corrected chi connectivity index (χ0v) is 31.3. The molecule has 2 aliphatic rings. The van der Waals surface area contributed by atoms with Gasteiger partial charge in [0.15, 0.2) is 0 Å². The van der Waals surface area contributed by atoms with Gasteiger partial charge >= 0.3 is 0 Å². The fourth-order valence-corrected chi connectivity index (χ4v) is 10.7. The number of aliphatic imine (C=N–C) groups is 2. The van der Waals surface area contributed by atoms with Crippen molar-refractivity contribution in [3.63, 3.8) is 0 Å². The van der Waals surface area contributed by atoms with Crippen LogP contribution < -0.4 is 5.32 Å². The lowest BCUT2D eigenvalue weighted by molar-refractivity contribution is 0.674. The van der Waals surface area contributed by atoms with Crippen LogP contribution in [0.4, 0.5) is 0 Å². The van der Waals surface area contributed by atoms with Crippen LogP contribution in [0.1, 0.15) is 17.3 Å². The van der Waals surface area contributed by atoms with E-state index in [4.69, 9.17) is 9.98 Å².